The van der Waals surface area contributed by atoms with Gasteiger partial charge in [0.25, 0.3) is 0 Å². The van der Waals surface area contributed by atoms with E-state index in [4.69, 9.17) is 0 Å². The molecular formula is C7H3F9O. The van der Waals surface area contributed by atoms with Crippen LogP contribution in [0.2, 0.25) is 0 Å². The first-order valence-corrected chi connectivity index (χ1v) is 3.56. The molecule has 0 rings (SSSR count). The number of hydrogen-bond donors (Lipinski definition) is 0. The average molecular weight is 274 g/mol. The second-order valence-corrected chi connectivity index (χ2v) is 2.48. The van der Waals surface area contributed by atoms with E-state index in [9.17, 15) is 39.5 Å². The molecule has 0 unspecified atom stereocenters. The minimum absolute atomic E-state index is 0.254. The summed E-state index contributed by atoms with van der Waals surface area (Å²) < 4.78 is 111. The first-order chi connectivity index (χ1) is 7.42. The molecule has 100 valence electrons. The van der Waals surface area contributed by atoms with Crippen LogP contribution in [-0.4, -0.2) is 19.5 Å². The summed E-state index contributed by atoms with van der Waals surface area (Å²) in [6, 6.07) is 0. The lowest BCUT2D eigenvalue weighted by Crippen LogP contribution is -2.22. The first kappa shape index (κ1) is 15.6. The van der Waals surface area contributed by atoms with Crippen LogP contribution in [0, 0.1) is 0 Å². The highest BCUT2D eigenvalue weighted by molar-refractivity contribution is 5.35. The molecule has 0 bridgehead atoms. The predicted molar refractivity (Wildman–Crippen MR) is 36.5 cm³/mol. The molecule has 0 N–H and O–H groups in total. The SMILES string of the molecule is COC(=C(F)F)/C(=C(/F)C(F)(F)F)C(F)(F)F. The van der Waals surface area contributed by atoms with Crippen LogP contribution in [0.15, 0.2) is 23.2 Å². The van der Waals surface area contributed by atoms with E-state index < -0.39 is 35.6 Å². The molecule has 0 radical (unpaired) electrons. The average Bonchev–Trinajstić information content (AvgIpc) is 2.08. The van der Waals surface area contributed by atoms with Crippen LogP contribution in [0.3, 0.4) is 0 Å². The van der Waals surface area contributed by atoms with Gasteiger partial charge in [-0.1, -0.05) is 0 Å². The highest BCUT2D eigenvalue weighted by atomic mass is 19.4. The van der Waals surface area contributed by atoms with Gasteiger partial charge < -0.3 is 4.74 Å². The molecule has 0 atom stereocenters. The van der Waals surface area contributed by atoms with Crippen LogP contribution in [0.25, 0.3) is 0 Å². The number of halogens is 9. The van der Waals surface area contributed by atoms with Gasteiger partial charge in [0.15, 0.2) is 5.76 Å². The largest absolute Gasteiger partial charge is 0.491 e. The predicted octanol–water partition coefficient (Wildman–Crippen LogP) is 4.09. The Morgan fingerprint density at radius 2 is 1.24 bits per heavy atom. The maximum Gasteiger partial charge on any atom is 0.443 e. The molecule has 0 aliphatic carbocycles. The summed E-state index contributed by atoms with van der Waals surface area (Å²) in [6.07, 6.45) is -15.3. The van der Waals surface area contributed by atoms with Gasteiger partial charge in [0.2, 0.25) is 5.83 Å². The van der Waals surface area contributed by atoms with Crippen molar-refractivity contribution in [3.05, 3.63) is 23.2 Å². The Labute approximate surface area is 88.2 Å². The maximum atomic E-state index is 12.5. The fourth-order valence-electron chi connectivity index (χ4n) is 0.768. The minimum Gasteiger partial charge on any atom is -0.491 e. The molecule has 0 spiro atoms. The lowest BCUT2D eigenvalue weighted by molar-refractivity contribution is -0.129. The van der Waals surface area contributed by atoms with E-state index >= 15 is 0 Å². The Morgan fingerprint density at radius 3 is 1.41 bits per heavy atom. The van der Waals surface area contributed by atoms with Crippen molar-refractivity contribution in [2.75, 3.05) is 7.11 Å². The van der Waals surface area contributed by atoms with Crippen LogP contribution in [0.4, 0.5) is 39.5 Å². The van der Waals surface area contributed by atoms with E-state index in [-0.39, 0.29) is 7.11 Å². The summed E-state index contributed by atoms with van der Waals surface area (Å²) >= 11 is 0. The number of allylic oxidation sites excluding steroid dienone is 2. The van der Waals surface area contributed by atoms with Gasteiger partial charge in [-0.25, -0.2) is 4.39 Å². The molecule has 17 heavy (non-hydrogen) atoms. The van der Waals surface area contributed by atoms with E-state index in [1.807, 2.05) is 0 Å². The first-order valence-electron chi connectivity index (χ1n) is 3.56. The smallest absolute Gasteiger partial charge is 0.443 e. The Bertz CT molecular complexity index is 341. The standard InChI is InChI=1S/C7H3F9O/c1-17-3(5(9)10)2(6(11,12)13)4(8)7(14,15)16/h1H3/b4-2-. The summed E-state index contributed by atoms with van der Waals surface area (Å²) in [6.45, 7) is 0. The number of alkyl halides is 6. The fraction of sp³-hybridized carbons (Fsp3) is 0.429. The van der Waals surface area contributed by atoms with Crippen molar-refractivity contribution in [3.8, 4) is 0 Å². The molecule has 0 heterocycles. The topological polar surface area (TPSA) is 9.23 Å². The van der Waals surface area contributed by atoms with Gasteiger partial charge >= 0.3 is 18.4 Å². The van der Waals surface area contributed by atoms with Gasteiger partial charge in [-0.15, -0.1) is 0 Å². The van der Waals surface area contributed by atoms with Crippen LogP contribution < -0.4 is 0 Å². The molecule has 0 aliphatic rings. The zero-order valence-corrected chi connectivity index (χ0v) is 7.81. The molecule has 0 saturated heterocycles. The summed E-state index contributed by atoms with van der Waals surface area (Å²) in [7, 11) is 0.254. The maximum absolute atomic E-state index is 12.5. The van der Waals surface area contributed by atoms with Crippen LogP contribution >= 0.6 is 0 Å². The number of methoxy groups -OCH3 is 1. The number of rotatable bonds is 2. The molecule has 0 aromatic rings. The van der Waals surface area contributed by atoms with Crippen molar-refractivity contribution < 1.29 is 44.3 Å². The lowest BCUT2D eigenvalue weighted by atomic mass is 10.2. The van der Waals surface area contributed by atoms with Crippen LogP contribution in [-0.2, 0) is 4.74 Å². The third-order valence-corrected chi connectivity index (χ3v) is 1.35. The molecule has 10 heteroatoms. The lowest BCUT2D eigenvalue weighted by Gasteiger charge is -2.15. The highest BCUT2D eigenvalue weighted by Gasteiger charge is 2.50. The van der Waals surface area contributed by atoms with Gasteiger partial charge in [0, 0.05) is 0 Å². The van der Waals surface area contributed by atoms with Gasteiger partial charge in [0.1, 0.15) is 5.57 Å². The van der Waals surface area contributed by atoms with Gasteiger partial charge in [-0.05, 0) is 0 Å². The Kier molecular flexibility index (Phi) is 4.49. The Hall–Kier alpha value is -1.35. The molecule has 0 aliphatic heterocycles. The summed E-state index contributed by atoms with van der Waals surface area (Å²) in [5.41, 5.74) is -3.20. The quantitative estimate of drug-likeness (QED) is 0.418. The molecule has 0 fully saturated rings. The third-order valence-electron chi connectivity index (χ3n) is 1.35. The van der Waals surface area contributed by atoms with Crippen LogP contribution in [0.1, 0.15) is 0 Å². The molecule has 1 nitrogen and oxygen atoms in total. The second kappa shape index (κ2) is 4.88. The van der Waals surface area contributed by atoms with Crippen LogP contribution in [0.5, 0.6) is 0 Å². The molecule has 0 amide bonds. The molecule has 0 aromatic heterocycles. The highest BCUT2D eigenvalue weighted by Crippen LogP contribution is 2.41. The van der Waals surface area contributed by atoms with E-state index in [1.165, 1.54) is 0 Å². The van der Waals surface area contributed by atoms with E-state index in [0.29, 0.717) is 0 Å². The van der Waals surface area contributed by atoms with Crippen molar-refractivity contribution in [2.24, 2.45) is 0 Å². The summed E-state index contributed by atoms with van der Waals surface area (Å²) in [4.78, 5) is 0. The monoisotopic (exact) mass is 274 g/mol. The zero-order valence-electron chi connectivity index (χ0n) is 7.81. The van der Waals surface area contributed by atoms with Crippen molar-refractivity contribution in [1.29, 1.82) is 0 Å². The van der Waals surface area contributed by atoms with Crippen molar-refractivity contribution in [3.63, 3.8) is 0 Å². The van der Waals surface area contributed by atoms with Crippen molar-refractivity contribution >= 4 is 0 Å². The van der Waals surface area contributed by atoms with Crippen molar-refractivity contribution in [2.45, 2.75) is 12.4 Å². The Morgan fingerprint density at radius 1 is 0.824 bits per heavy atom. The minimum atomic E-state index is -6.05. The fourth-order valence-corrected chi connectivity index (χ4v) is 0.768. The number of ether oxygens (including phenoxy) is 1. The number of hydrogen-bond acceptors (Lipinski definition) is 1. The van der Waals surface area contributed by atoms with Gasteiger partial charge in [-0.2, -0.15) is 35.1 Å². The van der Waals surface area contributed by atoms with Gasteiger partial charge in [0.05, 0.1) is 7.11 Å². The summed E-state index contributed by atoms with van der Waals surface area (Å²) in [5.74, 6) is -6.21. The van der Waals surface area contributed by atoms with Gasteiger partial charge in [-0.3, -0.25) is 0 Å². The third kappa shape index (κ3) is 3.86. The summed E-state index contributed by atoms with van der Waals surface area (Å²) in [5, 5.41) is 0. The zero-order chi connectivity index (χ0) is 14.0. The molecular weight excluding hydrogens is 271 g/mol. The van der Waals surface area contributed by atoms with E-state index in [1.54, 1.807) is 0 Å². The Balaban J connectivity index is 6.06. The molecule has 0 saturated carbocycles. The molecule has 0 aromatic carbocycles. The van der Waals surface area contributed by atoms with Crippen molar-refractivity contribution in [1.82, 2.24) is 0 Å². The van der Waals surface area contributed by atoms with E-state index in [2.05, 4.69) is 4.74 Å². The normalized spacial score (nSPS) is 14.2. The second-order valence-electron chi connectivity index (χ2n) is 2.48. The van der Waals surface area contributed by atoms with E-state index in [0.717, 1.165) is 0 Å².